The number of nitrogens with one attached hydrogen (secondary N) is 1. The molecule has 0 amide bonds. The molecule has 0 saturated heterocycles. The van der Waals surface area contributed by atoms with E-state index in [1.54, 1.807) is 20.3 Å². The Morgan fingerprint density at radius 3 is 2.77 bits per heavy atom. The van der Waals surface area contributed by atoms with Crippen LogP contribution < -0.4 is 15.8 Å². The van der Waals surface area contributed by atoms with Crippen LogP contribution in [0.2, 0.25) is 0 Å². The van der Waals surface area contributed by atoms with Crippen molar-refractivity contribution >= 4 is 11.6 Å². The molecule has 0 fully saturated rings. The van der Waals surface area contributed by atoms with Crippen LogP contribution in [0, 0.1) is 0 Å². The quantitative estimate of drug-likeness (QED) is 0.631. The Bertz CT molecular complexity index is 644. The van der Waals surface area contributed by atoms with Crippen molar-refractivity contribution in [1.29, 1.82) is 0 Å². The number of hydrogen-bond donors (Lipinski definition) is 2. The van der Waals surface area contributed by atoms with Gasteiger partial charge in [-0.3, -0.25) is 0 Å². The van der Waals surface area contributed by atoms with E-state index in [1.165, 1.54) is 0 Å². The number of hydrogen-bond acceptors (Lipinski definition) is 4. The van der Waals surface area contributed by atoms with Gasteiger partial charge in [0, 0.05) is 24.4 Å². The van der Waals surface area contributed by atoms with Gasteiger partial charge in [0.15, 0.2) is 5.96 Å². The van der Waals surface area contributed by atoms with E-state index in [4.69, 9.17) is 15.2 Å². The second-order valence-corrected chi connectivity index (χ2v) is 4.59. The fourth-order valence-electron chi connectivity index (χ4n) is 1.93. The topological polar surface area (TPSA) is 81.8 Å². The van der Waals surface area contributed by atoms with Crippen LogP contribution in [0.3, 0.4) is 0 Å². The lowest BCUT2D eigenvalue weighted by atomic mass is 10.2. The van der Waals surface area contributed by atoms with E-state index in [0.29, 0.717) is 25.0 Å². The molecule has 1 heterocycles. The Labute approximate surface area is 130 Å². The maximum atomic E-state index is 5.93. The molecule has 0 radical (unpaired) electrons. The summed E-state index contributed by atoms with van der Waals surface area (Å²) in [6.45, 7) is 0.885. The Hall–Kier alpha value is -2.60. The zero-order valence-corrected chi connectivity index (χ0v) is 12.7. The summed E-state index contributed by atoms with van der Waals surface area (Å²) in [5.74, 6) is 0.887. The van der Waals surface area contributed by atoms with E-state index < -0.39 is 0 Å². The third kappa shape index (κ3) is 4.46. The number of rotatable bonds is 6. The summed E-state index contributed by atoms with van der Waals surface area (Å²) in [4.78, 5) is 8.58. The summed E-state index contributed by atoms with van der Waals surface area (Å²) in [6.07, 6.45) is 0. The largest absolute Gasteiger partial charge is 0.481 e. The third-order valence-corrected chi connectivity index (χ3v) is 2.98. The zero-order valence-electron chi connectivity index (χ0n) is 12.7. The van der Waals surface area contributed by atoms with E-state index in [9.17, 15) is 0 Å². The molecule has 0 unspecified atom stereocenters. The van der Waals surface area contributed by atoms with Gasteiger partial charge >= 0.3 is 0 Å². The maximum Gasteiger partial charge on any atom is 0.213 e. The summed E-state index contributed by atoms with van der Waals surface area (Å²) < 4.78 is 10.2. The van der Waals surface area contributed by atoms with Gasteiger partial charge < -0.3 is 20.5 Å². The number of nitrogens with two attached hydrogens (primary N) is 1. The highest BCUT2D eigenvalue weighted by atomic mass is 16.5. The second-order valence-electron chi connectivity index (χ2n) is 4.59. The first-order chi connectivity index (χ1) is 10.7. The van der Waals surface area contributed by atoms with Crippen LogP contribution in [0.25, 0.3) is 0 Å². The van der Waals surface area contributed by atoms with Crippen LogP contribution in [-0.2, 0) is 17.9 Å². The predicted octanol–water partition coefficient (Wildman–Crippen LogP) is 2.16. The van der Waals surface area contributed by atoms with E-state index >= 15 is 0 Å². The molecule has 1 aromatic carbocycles. The summed E-state index contributed by atoms with van der Waals surface area (Å²) >= 11 is 0. The third-order valence-electron chi connectivity index (χ3n) is 2.98. The Kier molecular flexibility index (Phi) is 5.73. The van der Waals surface area contributed by atoms with Gasteiger partial charge in [-0.05, 0) is 12.1 Å². The van der Waals surface area contributed by atoms with Crippen molar-refractivity contribution in [1.82, 2.24) is 4.98 Å². The monoisotopic (exact) mass is 300 g/mol. The van der Waals surface area contributed by atoms with Crippen molar-refractivity contribution in [3.8, 4) is 5.88 Å². The van der Waals surface area contributed by atoms with E-state index in [-0.39, 0.29) is 0 Å². The van der Waals surface area contributed by atoms with Gasteiger partial charge in [-0.1, -0.05) is 24.3 Å². The number of aliphatic imine (C=N–C) groups is 1. The number of ether oxygens (including phenoxy) is 2. The molecule has 2 aromatic rings. The first-order valence-corrected chi connectivity index (χ1v) is 6.86. The van der Waals surface area contributed by atoms with Crippen molar-refractivity contribution in [3.63, 3.8) is 0 Å². The summed E-state index contributed by atoms with van der Waals surface area (Å²) in [7, 11) is 3.24. The molecule has 116 valence electrons. The molecule has 22 heavy (non-hydrogen) atoms. The molecule has 0 bridgehead atoms. The molecular formula is C16H20N4O2. The van der Waals surface area contributed by atoms with Crippen molar-refractivity contribution in [2.24, 2.45) is 10.7 Å². The lowest BCUT2D eigenvalue weighted by molar-refractivity contribution is 0.185. The normalized spacial score (nSPS) is 11.3. The Morgan fingerprint density at radius 2 is 2.00 bits per heavy atom. The first-order valence-electron chi connectivity index (χ1n) is 6.86. The fourth-order valence-corrected chi connectivity index (χ4v) is 1.93. The van der Waals surface area contributed by atoms with Gasteiger partial charge in [0.1, 0.15) is 0 Å². The molecule has 6 nitrogen and oxygen atoms in total. The first kappa shape index (κ1) is 15.8. The zero-order chi connectivity index (χ0) is 15.8. The van der Waals surface area contributed by atoms with E-state index in [1.807, 2.05) is 36.4 Å². The fraction of sp³-hybridized carbons (Fsp3) is 0.250. The molecule has 0 atom stereocenters. The molecule has 0 aliphatic rings. The predicted molar refractivity (Wildman–Crippen MR) is 86.9 cm³/mol. The lowest BCUT2D eigenvalue weighted by Crippen LogP contribution is -2.23. The minimum absolute atomic E-state index is 0.327. The molecule has 1 aromatic heterocycles. The van der Waals surface area contributed by atoms with Gasteiger partial charge in [0.2, 0.25) is 5.88 Å². The van der Waals surface area contributed by atoms with Gasteiger partial charge in [0.05, 0.1) is 26.0 Å². The Balaban J connectivity index is 2.03. The molecule has 6 heteroatoms. The van der Waals surface area contributed by atoms with Crippen molar-refractivity contribution in [2.75, 3.05) is 19.5 Å². The van der Waals surface area contributed by atoms with Crippen LogP contribution in [0.4, 0.5) is 5.69 Å². The molecule has 0 spiro atoms. The smallest absolute Gasteiger partial charge is 0.213 e. The second kappa shape index (κ2) is 7.99. The van der Waals surface area contributed by atoms with Gasteiger partial charge in [0.25, 0.3) is 0 Å². The summed E-state index contributed by atoms with van der Waals surface area (Å²) in [6, 6.07) is 13.3. The number of anilines is 1. The molecule has 0 aliphatic carbocycles. The highest BCUT2D eigenvalue weighted by Gasteiger charge is 2.03. The molecule has 3 N–H and O–H groups in total. The average molecular weight is 300 g/mol. The van der Waals surface area contributed by atoms with Crippen molar-refractivity contribution in [3.05, 3.63) is 53.7 Å². The minimum Gasteiger partial charge on any atom is -0.481 e. The van der Waals surface area contributed by atoms with E-state index in [0.717, 1.165) is 16.9 Å². The molecular weight excluding hydrogens is 280 g/mol. The highest BCUT2D eigenvalue weighted by molar-refractivity contribution is 5.92. The summed E-state index contributed by atoms with van der Waals surface area (Å²) in [5, 5.41) is 3.08. The molecule has 0 saturated carbocycles. The van der Waals surface area contributed by atoms with Crippen LogP contribution in [0.5, 0.6) is 5.88 Å². The van der Waals surface area contributed by atoms with Gasteiger partial charge in [-0.25, -0.2) is 9.98 Å². The number of guanidine groups is 1. The van der Waals surface area contributed by atoms with Crippen molar-refractivity contribution in [2.45, 2.75) is 13.2 Å². The van der Waals surface area contributed by atoms with Gasteiger partial charge in [-0.2, -0.15) is 0 Å². The standard InChI is InChI=1S/C16H20N4O2/c1-21-11-12-6-3-4-8-14(12)20-16(17)18-10-13-7-5-9-15(19-13)22-2/h3-9H,10-11H2,1-2H3,(H3,17,18,20). The number of benzene rings is 1. The van der Waals surface area contributed by atoms with Gasteiger partial charge in [-0.15, -0.1) is 0 Å². The van der Waals surface area contributed by atoms with Crippen LogP contribution in [-0.4, -0.2) is 25.2 Å². The minimum atomic E-state index is 0.327. The Morgan fingerprint density at radius 1 is 1.18 bits per heavy atom. The average Bonchev–Trinajstić information content (AvgIpc) is 2.55. The molecule has 2 rings (SSSR count). The number of pyridine rings is 1. The summed E-state index contributed by atoms with van der Waals surface area (Å²) in [5.41, 5.74) is 8.61. The van der Waals surface area contributed by atoms with Crippen LogP contribution in [0.15, 0.2) is 47.5 Å². The lowest BCUT2D eigenvalue weighted by Gasteiger charge is -2.10. The number of nitrogens with zero attached hydrogens (tertiary/aromatic N) is 2. The van der Waals surface area contributed by atoms with Crippen LogP contribution >= 0.6 is 0 Å². The maximum absolute atomic E-state index is 5.93. The van der Waals surface area contributed by atoms with Crippen molar-refractivity contribution < 1.29 is 9.47 Å². The number of para-hydroxylation sites is 1. The number of aromatic nitrogens is 1. The number of methoxy groups -OCH3 is 2. The SMILES string of the molecule is COCc1ccccc1NC(N)=NCc1cccc(OC)n1. The van der Waals surface area contributed by atoms with Crippen LogP contribution in [0.1, 0.15) is 11.3 Å². The highest BCUT2D eigenvalue weighted by Crippen LogP contribution is 2.15. The van der Waals surface area contributed by atoms with E-state index in [2.05, 4.69) is 15.3 Å². The molecule has 0 aliphatic heterocycles.